The molecule has 1 saturated carbocycles. The minimum Gasteiger partial charge on any atom is -0.352 e. The summed E-state index contributed by atoms with van der Waals surface area (Å²) >= 11 is 4.40. The van der Waals surface area contributed by atoms with Crippen molar-refractivity contribution in [1.82, 2.24) is 9.62 Å². The first-order chi connectivity index (χ1) is 10.4. The van der Waals surface area contributed by atoms with Gasteiger partial charge in [0, 0.05) is 13.1 Å². The van der Waals surface area contributed by atoms with Crippen LogP contribution in [-0.4, -0.2) is 38.3 Å². The van der Waals surface area contributed by atoms with Crippen LogP contribution < -0.4 is 5.32 Å². The largest absolute Gasteiger partial charge is 0.352 e. The Hall–Kier alpha value is -0.440. The van der Waals surface area contributed by atoms with Crippen LogP contribution in [0.15, 0.2) is 20.1 Å². The Morgan fingerprint density at radius 3 is 2.50 bits per heavy atom. The maximum absolute atomic E-state index is 12.4. The third-order valence-electron chi connectivity index (χ3n) is 3.80. The fourth-order valence-corrected chi connectivity index (χ4v) is 5.92. The van der Waals surface area contributed by atoms with Gasteiger partial charge in [-0.3, -0.25) is 4.79 Å². The Bertz CT molecular complexity index is 607. The Morgan fingerprint density at radius 1 is 1.32 bits per heavy atom. The fourth-order valence-electron chi connectivity index (χ4n) is 2.57. The zero-order valence-corrected chi connectivity index (χ0v) is 15.8. The Morgan fingerprint density at radius 2 is 1.95 bits per heavy atom. The monoisotopic (exact) mass is 408 g/mol. The second-order valence-electron chi connectivity index (χ2n) is 5.58. The molecule has 1 heterocycles. The van der Waals surface area contributed by atoms with Gasteiger partial charge in [-0.15, -0.1) is 11.3 Å². The van der Waals surface area contributed by atoms with Crippen molar-refractivity contribution in [1.29, 1.82) is 0 Å². The van der Waals surface area contributed by atoms with E-state index in [2.05, 4.69) is 21.2 Å². The van der Waals surface area contributed by atoms with Crippen LogP contribution in [0.3, 0.4) is 0 Å². The second kappa shape index (κ2) is 7.90. The number of amides is 1. The number of nitrogens with one attached hydrogen (secondary N) is 1. The van der Waals surface area contributed by atoms with E-state index in [-0.39, 0.29) is 22.7 Å². The van der Waals surface area contributed by atoms with Gasteiger partial charge in [-0.2, -0.15) is 4.31 Å². The number of nitrogens with zero attached hydrogens (tertiary/aromatic N) is 1. The molecule has 124 valence electrons. The highest BCUT2D eigenvalue weighted by Crippen LogP contribution is 2.27. The molecular formula is C14H21BrN2O3S2. The highest BCUT2D eigenvalue weighted by molar-refractivity contribution is 9.11. The first-order valence-electron chi connectivity index (χ1n) is 7.40. The minimum absolute atomic E-state index is 0.144. The van der Waals surface area contributed by atoms with E-state index in [4.69, 9.17) is 0 Å². The lowest BCUT2D eigenvalue weighted by molar-refractivity contribution is -0.121. The number of rotatable bonds is 5. The highest BCUT2D eigenvalue weighted by atomic mass is 79.9. The summed E-state index contributed by atoms with van der Waals surface area (Å²) < 4.78 is 26.8. The molecule has 0 spiro atoms. The van der Waals surface area contributed by atoms with Crippen molar-refractivity contribution in [3.05, 3.63) is 15.9 Å². The lowest BCUT2D eigenvalue weighted by Crippen LogP contribution is -2.42. The molecule has 0 bridgehead atoms. The van der Waals surface area contributed by atoms with Gasteiger partial charge in [0.15, 0.2) is 0 Å². The number of hydrogen-bond acceptors (Lipinski definition) is 4. The first kappa shape index (κ1) is 17.9. The molecule has 0 saturated heterocycles. The molecule has 8 heteroatoms. The number of likely N-dealkylation sites (N-methyl/N-ethyl adjacent to an activating group) is 1. The molecule has 2 rings (SSSR count). The first-order valence-corrected chi connectivity index (χ1v) is 10.5. The van der Waals surface area contributed by atoms with Gasteiger partial charge in [0.25, 0.3) is 10.0 Å². The summed E-state index contributed by atoms with van der Waals surface area (Å²) in [5, 5.41) is 2.97. The third-order valence-corrected chi connectivity index (χ3v) is 7.69. The molecule has 22 heavy (non-hydrogen) atoms. The lowest BCUT2D eigenvalue weighted by Gasteiger charge is -2.19. The van der Waals surface area contributed by atoms with E-state index in [1.165, 1.54) is 19.9 Å². The topological polar surface area (TPSA) is 66.5 Å². The van der Waals surface area contributed by atoms with E-state index in [0.29, 0.717) is 0 Å². The molecule has 1 aromatic rings. The van der Waals surface area contributed by atoms with Gasteiger partial charge in [-0.05, 0) is 40.9 Å². The molecule has 0 aromatic carbocycles. The summed E-state index contributed by atoms with van der Waals surface area (Å²) in [5.74, 6) is -0.228. The molecule has 0 atom stereocenters. The summed E-state index contributed by atoms with van der Waals surface area (Å²) in [6.07, 6.45) is 6.66. The van der Waals surface area contributed by atoms with Gasteiger partial charge in [-0.1, -0.05) is 25.7 Å². The number of carbonyl (C=O) groups is 1. The third kappa shape index (κ3) is 4.78. The summed E-state index contributed by atoms with van der Waals surface area (Å²) in [5.41, 5.74) is 0. The minimum atomic E-state index is -3.60. The molecule has 1 fully saturated rings. The molecule has 1 aliphatic rings. The van der Waals surface area contributed by atoms with Crippen LogP contribution in [0.25, 0.3) is 0 Å². The molecule has 0 unspecified atom stereocenters. The molecule has 0 radical (unpaired) electrons. The van der Waals surface area contributed by atoms with Crippen LogP contribution in [0, 0.1) is 0 Å². The van der Waals surface area contributed by atoms with Gasteiger partial charge in [-0.25, -0.2) is 8.42 Å². The van der Waals surface area contributed by atoms with Crippen LogP contribution in [-0.2, 0) is 14.8 Å². The van der Waals surface area contributed by atoms with E-state index in [9.17, 15) is 13.2 Å². The van der Waals surface area contributed by atoms with Crippen molar-refractivity contribution in [2.45, 2.75) is 48.8 Å². The average Bonchev–Trinajstić information content (AvgIpc) is 2.73. The van der Waals surface area contributed by atoms with Crippen molar-refractivity contribution >= 4 is 43.2 Å². The van der Waals surface area contributed by atoms with Crippen molar-refractivity contribution in [3.63, 3.8) is 0 Å². The van der Waals surface area contributed by atoms with E-state index >= 15 is 0 Å². The molecule has 1 aliphatic carbocycles. The number of halogens is 1. The van der Waals surface area contributed by atoms with Gasteiger partial charge in [0.1, 0.15) is 4.21 Å². The number of thiophene rings is 1. The van der Waals surface area contributed by atoms with Gasteiger partial charge >= 0.3 is 0 Å². The van der Waals surface area contributed by atoms with Crippen molar-refractivity contribution in [2.75, 3.05) is 13.6 Å². The molecule has 1 N–H and O–H groups in total. The van der Waals surface area contributed by atoms with Crippen LogP contribution in [0.4, 0.5) is 0 Å². The zero-order chi connectivity index (χ0) is 16.2. The number of carbonyl (C=O) groups excluding carboxylic acids is 1. The van der Waals surface area contributed by atoms with Gasteiger partial charge < -0.3 is 5.32 Å². The summed E-state index contributed by atoms with van der Waals surface area (Å²) in [6.45, 7) is -0.144. The normalized spacial score (nSPS) is 17.4. The van der Waals surface area contributed by atoms with E-state index in [1.54, 1.807) is 12.1 Å². The Balaban J connectivity index is 1.92. The van der Waals surface area contributed by atoms with Crippen LogP contribution in [0.2, 0.25) is 0 Å². The van der Waals surface area contributed by atoms with Crippen molar-refractivity contribution in [2.24, 2.45) is 0 Å². The Kier molecular flexibility index (Phi) is 6.43. The zero-order valence-electron chi connectivity index (χ0n) is 12.5. The molecular weight excluding hydrogens is 388 g/mol. The van der Waals surface area contributed by atoms with Crippen molar-refractivity contribution < 1.29 is 13.2 Å². The Labute approximate surface area is 144 Å². The molecule has 1 amide bonds. The van der Waals surface area contributed by atoms with Gasteiger partial charge in [0.05, 0.1) is 10.3 Å². The van der Waals surface area contributed by atoms with E-state index < -0.39 is 10.0 Å². The smallest absolute Gasteiger partial charge is 0.252 e. The van der Waals surface area contributed by atoms with Crippen molar-refractivity contribution in [3.8, 4) is 0 Å². The van der Waals surface area contributed by atoms with E-state index in [1.807, 2.05) is 0 Å². The van der Waals surface area contributed by atoms with Crippen LogP contribution >= 0.6 is 27.3 Å². The quantitative estimate of drug-likeness (QED) is 0.761. The maximum atomic E-state index is 12.4. The fraction of sp³-hybridized carbons (Fsp3) is 0.643. The molecule has 1 aromatic heterocycles. The summed E-state index contributed by atoms with van der Waals surface area (Å²) in [7, 11) is -2.16. The number of hydrogen-bond donors (Lipinski definition) is 1. The van der Waals surface area contributed by atoms with Gasteiger partial charge in [0.2, 0.25) is 5.91 Å². The molecule has 5 nitrogen and oxygen atoms in total. The van der Waals surface area contributed by atoms with Crippen LogP contribution in [0.5, 0.6) is 0 Å². The van der Waals surface area contributed by atoms with E-state index in [0.717, 1.165) is 45.1 Å². The summed E-state index contributed by atoms with van der Waals surface area (Å²) in [4.78, 5) is 12.1. The standard InChI is InChI=1S/C14H21BrN2O3S2/c1-17(22(19,20)14-9-8-12(15)21-14)10-13(18)16-11-6-4-2-3-5-7-11/h8-9,11H,2-7,10H2,1H3,(H,16,18). The molecule has 0 aliphatic heterocycles. The predicted octanol–water partition coefficient (Wildman–Crippen LogP) is 2.97. The SMILES string of the molecule is CN(CC(=O)NC1CCCCCC1)S(=O)(=O)c1ccc(Br)s1. The average molecular weight is 409 g/mol. The van der Waals surface area contributed by atoms with Crippen LogP contribution in [0.1, 0.15) is 38.5 Å². The predicted molar refractivity (Wildman–Crippen MR) is 91.5 cm³/mol. The highest BCUT2D eigenvalue weighted by Gasteiger charge is 2.25. The summed E-state index contributed by atoms with van der Waals surface area (Å²) in [6, 6.07) is 3.42. The maximum Gasteiger partial charge on any atom is 0.252 e. The second-order valence-corrected chi connectivity index (χ2v) is 10.3. The lowest BCUT2D eigenvalue weighted by atomic mass is 10.1. The number of sulfonamides is 1.